The molecule has 1 aromatic heterocycles. The Morgan fingerprint density at radius 1 is 1.27 bits per heavy atom. The molecule has 1 aliphatic carbocycles. The number of nitrogens with two attached hydrogens (primary N) is 1. The fraction of sp³-hybridized carbons (Fsp3) is 0.333. The lowest BCUT2D eigenvalue weighted by atomic mass is 9.69. The van der Waals surface area contributed by atoms with Crippen molar-refractivity contribution >= 4 is 34.4 Å². The normalized spacial score (nSPS) is 21.0. The van der Waals surface area contributed by atoms with E-state index in [-0.39, 0.29) is 11.2 Å². The number of thiophene rings is 1. The number of ketones is 1. The maximum Gasteiger partial charge on any atom is 0.162 e. The molecule has 2 aromatic rings. The summed E-state index contributed by atoms with van der Waals surface area (Å²) in [7, 11) is 0. The van der Waals surface area contributed by atoms with Gasteiger partial charge in [0.25, 0.3) is 0 Å². The Labute approximate surface area is 186 Å². The number of carbonyl (C=O) groups is 1. The summed E-state index contributed by atoms with van der Waals surface area (Å²) in [5.74, 6) is 0.0129. The van der Waals surface area contributed by atoms with E-state index in [1.165, 1.54) is 4.88 Å². The van der Waals surface area contributed by atoms with Crippen LogP contribution in [0.1, 0.15) is 49.3 Å². The molecular weight excluding hydrogens is 414 g/mol. The predicted molar refractivity (Wildman–Crippen MR) is 122 cm³/mol. The lowest BCUT2D eigenvalue weighted by Gasteiger charge is -2.43. The summed E-state index contributed by atoms with van der Waals surface area (Å²) >= 11 is 8.17. The van der Waals surface area contributed by atoms with Crippen LogP contribution >= 0.6 is 22.9 Å². The predicted octanol–water partition coefficient (Wildman–Crippen LogP) is 5.90. The number of allylic oxidation sites excluding steroid dienone is 3. The highest BCUT2D eigenvalue weighted by Crippen LogP contribution is 2.51. The first-order valence-electron chi connectivity index (χ1n) is 10.1. The first-order valence-corrected chi connectivity index (χ1v) is 11.3. The van der Waals surface area contributed by atoms with Crippen molar-refractivity contribution in [1.29, 1.82) is 5.26 Å². The van der Waals surface area contributed by atoms with E-state index < -0.39 is 5.92 Å². The van der Waals surface area contributed by atoms with Crippen LogP contribution in [0.25, 0.3) is 0 Å². The second-order valence-electron chi connectivity index (χ2n) is 8.59. The van der Waals surface area contributed by atoms with Crippen molar-refractivity contribution in [1.82, 2.24) is 0 Å². The SMILES string of the molecule is CCc1ccc(C2C(C#N)=C(N)N(c3ccccc3Cl)C3=C2C(=O)CC(C)(C)C3)s1. The van der Waals surface area contributed by atoms with E-state index in [9.17, 15) is 10.1 Å². The molecule has 0 fully saturated rings. The molecule has 1 aromatic carbocycles. The summed E-state index contributed by atoms with van der Waals surface area (Å²) in [4.78, 5) is 17.5. The first kappa shape index (κ1) is 20.7. The fourth-order valence-electron chi connectivity index (χ4n) is 4.44. The van der Waals surface area contributed by atoms with E-state index in [1.807, 2.05) is 29.2 Å². The van der Waals surface area contributed by atoms with Crippen LogP contribution in [0, 0.1) is 16.7 Å². The van der Waals surface area contributed by atoms with Crippen molar-refractivity contribution in [2.24, 2.45) is 11.1 Å². The van der Waals surface area contributed by atoms with Gasteiger partial charge in [0.2, 0.25) is 0 Å². The second kappa shape index (κ2) is 7.61. The van der Waals surface area contributed by atoms with Gasteiger partial charge in [-0.3, -0.25) is 9.69 Å². The molecule has 154 valence electrons. The molecular formula is C24H24ClN3OS. The van der Waals surface area contributed by atoms with Crippen LogP contribution in [0.2, 0.25) is 5.02 Å². The number of hydrogen-bond acceptors (Lipinski definition) is 5. The molecule has 1 aliphatic heterocycles. The molecule has 0 amide bonds. The Kier molecular flexibility index (Phi) is 5.25. The summed E-state index contributed by atoms with van der Waals surface area (Å²) in [5.41, 5.74) is 9.07. The third kappa shape index (κ3) is 3.34. The third-order valence-electron chi connectivity index (χ3n) is 5.79. The van der Waals surface area contributed by atoms with E-state index in [0.717, 1.165) is 17.0 Å². The number of aryl methyl sites for hydroxylation is 1. The number of benzene rings is 1. The van der Waals surface area contributed by atoms with Crippen LogP contribution in [0.4, 0.5) is 5.69 Å². The van der Waals surface area contributed by atoms with E-state index in [4.69, 9.17) is 17.3 Å². The van der Waals surface area contributed by atoms with Crippen LogP contribution in [0.3, 0.4) is 0 Å². The van der Waals surface area contributed by atoms with Gasteiger partial charge >= 0.3 is 0 Å². The molecule has 6 heteroatoms. The van der Waals surface area contributed by atoms with Gasteiger partial charge in [0.1, 0.15) is 5.82 Å². The number of rotatable bonds is 3. The highest BCUT2D eigenvalue weighted by molar-refractivity contribution is 7.12. The Balaban J connectivity index is 2.00. The van der Waals surface area contributed by atoms with Gasteiger partial charge in [-0.15, -0.1) is 11.3 Å². The van der Waals surface area contributed by atoms with Gasteiger partial charge < -0.3 is 5.73 Å². The van der Waals surface area contributed by atoms with Crippen molar-refractivity contribution in [2.45, 2.75) is 46.0 Å². The van der Waals surface area contributed by atoms with Crippen molar-refractivity contribution in [2.75, 3.05) is 4.90 Å². The smallest absolute Gasteiger partial charge is 0.162 e. The molecule has 0 bridgehead atoms. The standard InChI is InChI=1S/C24H24ClN3OS/c1-4-14-9-10-20(30-14)21-15(13-26)23(27)28(17-8-6-5-7-16(17)25)18-11-24(2,3)12-19(29)22(18)21/h5-10,21H,4,11-12,27H2,1-3H3. The Hall–Kier alpha value is -2.55. The number of nitrogens with zero attached hydrogens (tertiary/aromatic N) is 2. The summed E-state index contributed by atoms with van der Waals surface area (Å²) in [6.07, 6.45) is 2.04. The first-order chi connectivity index (χ1) is 14.3. The van der Waals surface area contributed by atoms with Gasteiger partial charge in [0.05, 0.1) is 28.3 Å². The number of halogens is 1. The Bertz CT molecular complexity index is 1140. The zero-order chi connectivity index (χ0) is 21.6. The number of anilines is 1. The molecule has 4 rings (SSSR count). The minimum atomic E-state index is -0.419. The Morgan fingerprint density at radius 3 is 2.63 bits per heavy atom. The zero-order valence-electron chi connectivity index (χ0n) is 17.3. The second-order valence-corrected chi connectivity index (χ2v) is 10.2. The molecule has 2 N–H and O–H groups in total. The Morgan fingerprint density at radius 2 is 2.00 bits per heavy atom. The summed E-state index contributed by atoms with van der Waals surface area (Å²) in [6, 6.07) is 13.8. The average molecular weight is 438 g/mol. The summed E-state index contributed by atoms with van der Waals surface area (Å²) < 4.78 is 0. The molecule has 2 heterocycles. The number of Topliss-reactive ketones (excluding diaryl/α,β-unsaturated/α-hetero) is 1. The number of hydrogen-bond donors (Lipinski definition) is 1. The molecule has 2 aliphatic rings. The number of nitriles is 1. The zero-order valence-corrected chi connectivity index (χ0v) is 18.9. The van der Waals surface area contributed by atoms with Crippen LogP contribution in [-0.4, -0.2) is 5.78 Å². The maximum atomic E-state index is 13.4. The van der Waals surface area contributed by atoms with Gasteiger partial charge in [-0.2, -0.15) is 5.26 Å². The summed E-state index contributed by atoms with van der Waals surface area (Å²) in [6.45, 7) is 6.28. The van der Waals surface area contributed by atoms with Crippen LogP contribution < -0.4 is 10.6 Å². The van der Waals surface area contributed by atoms with Crippen LogP contribution in [0.15, 0.2) is 59.1 Å². The van der Waals surface area contributed by atoms with Crippen molar-refractivity contribution in [3.8, 4) is 6.07 Å². The van der Waals surface area contributed by atoms with Gasteiger partial charge in [-0.25, -0.2) is 0 Å². The number of carbonyl (C=O) groups excluding carboxylic acids is 1. The average Bonchev–Trinajstić information content (AvgIpc) is 3.16. The molecule has 0 saturated carbocycles. The molecule has 1 unspecified atom stereocenters. The topological polar surface area (TPSA) is 70.1 Å². The van der Waals surface area contributed by atoms with Crippen molar-refractivity contribution < 1.29 is 4.79 Å². The van der Waals surface area contributed by atoms with Gasteiger partial charge in [-0.1, -0.05) is 44.5 Å². The largest absolute Gasteiger partial charge is 0.384 e. The molecule has 0 spiro atoms. The lowest BCUT2D eigenvalue weighted by Crippen LogP contribution is -2.42. The molecule has 1 atom stereocenters. The molecule has 0 saturated heterocycles. The third-order valence-corrected chi connectivity index (χ3v) is 7.40. The summed E-state index contributed by atoms with van der Waals surface area (Å²) in [5, 5.41) is 10.6. The minimum Gasteiger partial charge on any atom is -0.384 e. The fourth-order valence-corrected chi connectivity index (χ4v) is 5.73. The highest BCUT2D eigenvalue weighted by Gasteiger charge is 2.45. The molecule has 4 nitrogen and oxygen atoms in total. The van der Waals surface area contributed by atoms with Gasteiger partial charge in [0.15, 0.2) is 5.78 Å². The van der Waals surface area contributed by atoms with E-state index in [2.05, 4.69) is 32.9 Å². The van der Waals surface area contributed by atoms with Crippen molar-refractivity contribution in [3.63, 3.8) is 0 Å². The quantitative estimate of drug-likeness (QED) is 0.648. The maximum absolute atomic E-state index is 13.4. The monoisotopic (exact) mass is 437 g/mol. The van der Waals surface area contributed by atoms with E-state index in [0.29, 0.717) is 40.5 Å². The minimum absolute atomic E-state index is 0.0787. The van der Waals surface area contributed by atoms with E-state index in [1.54, 1.807) is 17.4 Å². The van der Waals surface area contributed by atoms with Crippen LogP contribution in [-0.2, 0) is 11.2 Å². The molecule has 0 radical (unpaired) electrons. The van der Waals surface area contributed by atoms with Gasteiger partial charge in [-0.05, 0) is 42.5 Å². The lowest BCUT2D eigenvalue weighted by molar-refractivity contribution is -0.118. The molecule has 30 heavy (non-hydrogen) atoms. The highest BCUT2D eigenvalue weighted by atomic mass is 35.5. The van der Waals surface area contributed by atoms with E-state index >= 15 is 0 Å². The number of para-hydroxylation sites is 1. The van der Waals surface area contributed by atoms with Crippen LogP contribution in [0.5, 0.6) is 0 Å². The van der Waals surface area contributed by atoms with Crippen molar-refractivity contribution in [3.05, 3.63) is 73.8 Å². The van der Waals surface area contributed by atoms with Gasteiger partial charge in [0, 0.05) is 27.4 Å².